The van der Waals surface area contributed by atoms with Crippen molar-refractivity contribution in [2.45, 2.75) is 64.0 Å². The Balaban J connectivity index is 1.34. The normalized spacial score (nSPS) is 15.8. The number of carbonyl (C=O) groups is 2. The van der Waals surface area contributed by atoms with E-state index in [9.17, 15) is 14.7 Å². The number of Topliss-reactive ketones (excluding diaryl/α,β-unsaturated/α-hetero) is 1. The molecule has 0 amide bonds. The molecule has 3 aromatic rings. The predicted octanol–water partition coefficient (Wildman–Crippen LogP) is 5.36. The Bertz CT molecular complexity index is 1390. The lowest BCUT2D eigenvalue weighted by atomic mass is 9.85. The third-order valence-electron chi connectivity index (χ3n) is 7.15. The van der Waals surface area contributed by atoms with Gasteiger partial charge in [0.25, 0.3) is 0 Å². The van der Waals surface area contributed by atoms with Crippen molar-refractivity contribution in [3.8, 4) is 5.75 Å². The number of pyridine rings is 1. The van der Waals surface area contributed by atoms with E-state index < -0.39 is 12.1 Å². The average molecular weight is 512 g/mol. The van der Waals surface area contributed by atoms with Gasteiger partial charge in [0.15, 0.2) is 11.9 Å². The van der Waals surface area contributed by atoms with Gasteiger partial charge in [-0.25, -0.2) is 9.78 Å². The summed E-state index contributed by atoms with van der Waals surface area (Å²) in [6.45, 7) is 6.58. The molecule has 38 heavy (non-hydrogen) atoms. The molecule has 2 aromatic carbocycles. The first-order chi connectivity index (χ1) is 18.1. The molecule has 0 spiro atoms. The van der Waals surface area contributed by atoms with Crippen LogP contribution in [0, 0.1) is 5.41 Å². The van der Waals surface area contributed by atoms with E-state index in [-0.39, 0.29) is 30.0 Å². The summed E-state index contributed by atoms with van der Waals surface area (Å²) in [6.07, 6.45) is 1.47. The summed E-state index contributed by atoms with van der Waals surface area (Å²) >= 11 is 0. The molecule has 196 valence electrons. The van der Waals surface area contributed by atoms with Gasteiger partial charge in [-0.05, 0) is 48.1 Å². The fraction of sp³-hybridized carbons (Fsp3) is 0.355. The molecule has 1 fully saturated rings. The highest BCUT2D eigenvalue weighted by Crippen LogP contribution is 2.40. The lowest BCUT2D eigenvalue weighted by Crippen LogP contribution is -2.31. The number of carboxylic acid groups (broad SMARTS) is 1. The maximum absolute atomic E-state index is 13.4. The Kier molecular flexibility index (Phi) is 6.78. The zero-order valence-electron chi connectivity index (χ0n) is 22.0. The van der Waals surface area contributed by atoms with E-state index in [4.69, 9.17) is 15.1 Å². The largest absolute Gasteiger partial charge is 0.478 e. The van der Waals surface area contributed by atoms with Crippen LogP contribution in [0.1, 0.15) is 78.0 Å². The van der Waals surface area contributed by atoms with Gasteiger partial charge in [-0.3, -0.25) is 10.2 Å². The summed E-state index contributed by atoms with van der Waals surface area (Å²) in [5.74, 6) is 0.0989. The number of carbonyl (C=O) groups excluding carboxylic acids is 1. The molecule has 1 unspecified atom stereocenters. The van der Waals surface area contributed by atoms with Crippen LogP contribution in [-0.2, 0) is 23.2 Å². The second-order valence-corrected chi connectivity index (χ2v) is 11.2. The molecular weight excluding hydrogens is 478 g/mol. The molecule has 2 N–H and O–H groups in total. The Morgan fingerprint density at radius 1 is 1.11 bits per heavy atom. The van der Waals surface area contributed by atoms with E-state index >= 15 is 0 Å². The number of amidine groups is 1. The minimum absolute atomic E-state index is 0.0729. The molecule has 2 aliphatic rings. The van der Waals surface area contributed by atoms with Crippen LogP contribution in [0.25, 0.3) is 0 Å². The summed E-state index contributed by atoms with van der Waals surface area (Å²) in [6, 6.07) is 18.6. The molecule has 1 atom stereocenters. The van der Waals surface area contributed by atoms with Crippen LogP contribution >= 0.6 is 0 Å². The van der Waals surface area contributed by atoms with E-state index in [1.807, 2.05) is 63.2 Å². The quantitative estimate of drug-likeness (QED) is 0.375. The molecule has 7 nitrogen and oxygen atoms in total. The first kappa shape index (κ1) is 25.6. The lowest BCUT2D eigenvalue weighted by Gasteiger charge is -2.26. The molecule has 1 aromatic heterocycles. The number of nitrogens with one attached hydrogen (secondary N) is 1. The summed E-state index contributed by atoms with van der Waals surface area (Å²) < 4.78 is 6.04. The molecule has 7 heteroatoms. The first-order valence-corrected chi connectivity index (χ1v) is 13.0. The highest BCUT2D eigenvalue weighted by atomic mass is 16.5. The molecule has 5 rings (SSSR count). The van der Waals surface area contributed by atoms with Crippen LogP contribution < -0.4 is 4.74 Å². The molecule has 1 aliphatic carbocycles. The highest BCUT2D eigenvalue weighted by molar-refractivity contribution is 6.04. The monoisotopic (exact) mass is 511 g/mol. The van der Waals surface area contributed by atoms with E-state index in [2.05, 4.69) is 0 Å². The summed E-state index contributed by atoms with van der Waals surface area (Å²) in [4.78, 5) is 31.8. The number of fused-ring (bicyclic) bond motifs is 1. The number of hydrogen-bond donors (Lipinski definition) is 2. The van der Waals surface area contributed by atoms with E-state index in [0.717, 1.165) is 35.2 Å². The Morgan fingerprint density at radius 2 is 1.84 bits per heavy atom. The van der Waals surface area contributed by atoms with Crippen molar-refractivity contribution in [1.82, 2.24) is 9.88 Å². The molecule has 0 radical (unpaired) electrons. The van der Waals surface area contributed by atoms with Crippen molar-refractivity contribution < 1.29 is 19.4 Å². The number of benzene rings is 2. The van der Waals surface area contributed by atoms with Crippen molar-refractivity contribution >= 4 is 17.6 Å². The fourth-order valence-corrected chi connectivity index (χ4v) is 4.83. The Labute approximate surface area is 223 Å². The van der Waals surface area contributed by atoms with E-state index in [0.29, 0.717) is 29.5 Å². The number of ether oxygens (including phenoxy) is 1. The topological polar surface area (TPSA) is 104 Å². The zero-order valence-corrected chi connectivity index (χ0v) is 22.0. The van der Waals surface area contributed by atoms with Crippen molar-refractivity contribution in [3.05, 3.63) is 94.3 Å². The summed E-state index contributed by atoms with van der Waals surface area (Å²) in [5, 5.41) is 18.5. The van der Waals surface area contributed by atoms with Gasteiger partial charge in [0.2, 0.25) is 0 Å². The molecule has 2 heterocycles. The van der Waals surface area contributed by atoms with Crippen LogP contribution in [0.4, 0.5) is 0 Å². The second-order valence-electron chi connectivity index (χ2n) is 11.2. The molecule has 1 aliphatic heterocycles. The number of aliphatic carboxylic acids is 1. The molecule has 0 saturated heterocycles. The maximum Gasteiger partial charge on any atom is 0.345 e. The number of aromatic nitrogens is 1. The minimum Gasteiger partial charge on any atom is -0.478 e. The Hall–Kier alpha value is -4.00. The third-order valence-corrected chi connectivity index (χ3v) is 7.15. The minimum atomic E-state index is -1.06. The van der Waals surface area contributed by atoms with Gasteiger partial charge in [0.1, 0.15) is 17.3 Å². The average Bonchev–Trinajstić information content (AvgIpc) is 3.69. The highest BCUT2D eigenvalue weighted by Gasteiger charge is 2.32. The van der Waals surface area contributed by atoms with Gasteiger partial charge in [-0.15, -0.1) is 0 Å². The third kappa shape index (κ3) is 5.47. The van der Waals surface area contributed by atoms with Crippen LogP contribution in [0.15, 0.2) is 60.7 Å². The number of rotatable bonds is 9. The number of hydrogen-bond acceptors (Lipinski definition) is 5. The summed E-state index contributed by atoms with van der Waals surface area (Å²) in [7, 11) is 0. The number of carboxylic acids is 1. The second kappa shape index (κ2) is 10.0. The van der Waals surface area contributed by atoms with Crippen molar-refractivity contribution in [2.24, 2.45) is 0 Å². The SMILES string of the molecule is CC(C)(C)c1cc(C(=O)CN2Cc3ccc(C4CC4)nc3C2=N)ccc1OC(Cc1ccccc1)C(=O)O. The van der Waals surface area contributed by atoms with Crippen LogP contribution in [0.2, 0.25) is 0 Å². The standard InChI is InChI=1S/C31H33N3O4/c1-31(2,3)23-16-21(12-14-26(23)38-27(30(36)37)15-19-7-5-4-6-8-19)25(35)18-34-17-22-11-13-24(20-9-10-20)33-28(22)29(34)32/h4-8,11-14,16,20,27,32H,9-10,15,17-18H2,1-3H3,(H,36,37). The fourth-order valence-electron chi connectivity index (χ4n) is 4.83. The van der Waals surface area contributed by atoms with Crippen LogP contribution in [0.5, 0.6) is 5.75 Å². The van der Waals surface area contributed by atoms with Gasteiger partial charge < -0.3 is 14.7 Å². The molecule has 1 saturated carbocycles. The van der Waals surface area contributed by atoms with E-state index in [1.54, 1.807) is 23.1 Å². The van der Waals surface area contributed by atoms with Gasteiger partial charge in [-0.2, -0.15) is 0 Å². The van der Waals surface area contributed by atoms with E-state index in [1.165, 1.54) is 0 Å². The zero-order chi connectivity index (χ0) is 27.0. The van der Waals surface area contributed by atoms with Crippen molar-refractivity contribution in [1.29, 1.82) is 5.41 Å². The predicted molar refractivity (Wildman–Crippen MR) is 145 cm³/mol. The molecule has 0 bridgehead atoms. The lowest BCUT2D eigenvalue weighted by molar-refractivity contribution is -0.145. The number of nitrogens with zero attached hydrogens (tertiary/aromatic N) is 2. The Morgan fingerprint density at radius 3 is 2.50 bits per heavy atom. The van der Waals surface area contributed by atoms with Crippen molar-refractivity contribution in [3.63, 3.8) is 0 Å². The van der Waals surface area contributed by atoms with Gasteiger partial charge in [-0.1, -0.05) is 57.2 Å². The smallest absolute Gasteiger partial charge is 0.345 e. The van der Waals surface area contributed by atoms with Crippen molar-refractivity contribution in [2.75, 3.05) is 6.54 Å². The molecular formula is C31H33N3O4. The van der Waals surface area contributed by atoms with Gasteiger partial charge in [0.05, 0.1) is 6.54 Å². The number of ketones is 1. The summed E-state index contributed by atoms with van der Waals surface area (Å²) in [5.41, 5.74) is 4.45. The van der Waals surface area contributed by atoms with Gasteiger partial charge >= 0.3 is 5.97 Å². The first-order valence-electron chi connectivity index (χ1n) is 13.0. The van der Waals surface area contributed by atoms with Crippen LogP contribution in [-0.4, -0.2) is 45.2 Å². The maximum atomic E-state index is 13.4. The van der Waals surface area contributed by atoms with Gasteiger partial charge in [0, 0.05) is 41.3 Å². The van der Waals surface area contributed by atoms with Crippen LogP contribution in [0.3, 0.4) is 0 Å².